The van der Waals surface area contributed by atoms with Crippen LogP contribution in [-0.4, -0.2) is 18.2 Å². The Hall–Kier alpha value is -2.07. The lowest BCUT2D eigenvalue weighted by Gasteiger charge is -2.27. The Morgan fingerprint density at radius 2 is 1.64 bits per heavy atom. The molecular weight excluding hydrogens is 335 g/mol. The van der Waals surface area contributed by atoms with Gasteiger partial charge in [0.15, 0.2) is 5.78 Å². The minimum Gasteiger partial charge on any atom is -0.368 e. The Labute approximate surface area is 147 Å². The maximum atomic E-state index is 13.5. The summed E-state index contributed by atoms with van der Waals surface area (Å²) in [7, 11) is -3.42. The molecule has 1 heterocycles. The maximum Gasteiger partial charge on any atom is 0.357 e. The fourth-order valence-corrected chi connectivity index (χ4v) is 4.84. The Kier molecular flexibility index (Phi) is 5.59. The van der Waals surface area contributed by atoms with Gasteiger partial charge in [0.1, 0.15) is 0 Å². The Morgan fingerprint density at radius 3 is 2.32 bits per heavy atom. The third-order valence-electron chi connectivity index (χ3n) is 3.93. The first kappa shape index (κ1) is 17.7. The van der Waals surface area contributed by atoms with Crippen molar-refractivity contribution in [3.05, 3.63) is 66.4 Å². The zero-order chi connectivity index (χ0) is 17.7. The molecule has 2 aromatic carbocycles. The molecule has 2 N–H and O–H groups in total. The van der Waals surface area contributed by atoms with Crippen molar-refractivity contribution in [2.24, 2.45) is 0 Å². The number of aromatic amines is 1. The summed E-state index contributed by atoms with van der Waals surface area (Å²) in [5.74, 6) is -0.606. The number of H-pyrrole nitrogens is 1. The van der Waals surface area contributed by atoms with Gasteiger partial charge in [0.05, 0.1) is 13.2 Å². The largest absolute Gasteiger partial charge is 0.368 e. The average Bonchev–Trinajstić information content (AvgIpc) is 3.05. The molecule has 3 aromatic rings. The van der Waals surface area contributed by atoms with Crippen LogP contribution in [0.4, 0.5) is 5.69 Å². The predicted octanol–water partition coefficient (Wildman–Crippen LogP) is 5.54. The van der Waals surface area contributed by atoms with Crippen LogP contribution in [0.2, 0.25) is 0 Å². The Morgan fingerprint density at radius 1 is 1.00 bits per heavy atom. The summed E-state index contributed by atoms with van der Waals surface area (Å²) in [5.41, 5.74) is 2.71. The van der Waals surface area contributed by atoms with Crippen molar-refractivity contribution in [1.29, 1.82) is 0 Å². The highest BCUT2D eigenvalue weighted by atomic mass is 31.2. The van der Waals surface area contributed by atoms with Crippen LogP contribution in [0.5, 0.6) is 0 Å². The average molecular weight is 358 g/mol. The van der Waals surface area contributed by atoms with E-state index in [2.05, 4.69) is 10.3 Å². The van der Waals surface area contributed by atoms with Gasteiger partial charge in [-0.3, -0.25) is 4.57 Å². The summed E-state index contributed by atoms with van der Waals surface area (Å²) in [6.45, 7) is 4.26. The minimum atomic E-state index is -3.42. The molecular formula is C19H23N2O3P. The lowest BCUT2D eigenvalue weighted by molar-refractivity contribution is 0.214. The van der Waals surface area contributed by atoms with E-state index in [1.807, 2.05) is 74.6 Å². The van der Waals surface area contributed by atoms with Crippen LogP contribution >= 0.6 is 7.60 Å². The van der Waals surface area contributed by atoms with Crippen LogP contribution in [0.1, 0.15) is 25.2 Å². The van der Waals surface area contributed by atoms with Crippen LogP contribution in [-0.2, 0) is 13.6 Å². The first-order chi connectivity index (χ1) is 12.2. The molecule has 0 aliphatic rings. The van der Waals surface area contributed by atoms with Crippen LogP contribution in [0.3, 0.4) is 0 Å². The third-order valence-corrected chi connectivity index (χ3v) is 6.20. The van der Waals surface area contributed by atoms with E-state index in [1.54, 1.807) is 0 Å². The minimum absolute atomic E-state index is 0.312. The summed E-state index contributed by atoms with van der Waals surface area (Å²) in [6.07, 6.45) is 1.87. The molecule has 1 unspecified atom stereocenters. The number of hydrogen-bond acceptors (Lipinski definition) is 4. The SMILES string of the molecule is CCOP(=O)(OCC)C(Nc1ccccc1)c1c[nH]c2ccccc12. The van der Waals surface area contributed by atoms with E-state index in [4.69, 9.17) is 9.05 Å². The molecule has 5 nitrogen and oxygen atoms in total. The van der Waals surface area contributed by atoms with Gasteiger partial charge in [0, 0.05) is 28.4 Å². The highest BCUT2D eigenvalue weighted by molar-refractivity contribution is 7.54. The lowest BCUT2D eigenvalue weighted by Crippen LogP contribution is -2.15. The molecule has 0 aliphatic carbocycles. The number of nitrogens with one attached hydrogen (secondary N) is 2. The molecule has 0 aliphatic heterocycles. The monoisotopic (exact) mass is 358 g/mol. The van der Waals surface area contributed by atoms with Gasteiger partial charge in [-0.05, 0) is 32.0 Å². The van der Waals surface area contributed by atoms with Crippen molar-refractivity contribution in [2.45, 2.75) is 19.6 Å². The topological polar surface area (TPSA) is 63.4 Å². The standard InChI is InChI=1S/C19H23N2O3P/c1-3-23-25(22,24-4-2)19(21-15-10-6-5-7-11-15)17-14-20-18-13-9-8-12-16(17)18/h5-14,19-21H,3-4H2,1-2H3. The summed E-state index contributed by atoms with van der Waals surface area (Å²) in [6, 6.07) is 17.6. The fourth-order valence-electron chi connectivity index (χ4n) is 2.89. The summed E-state index contributed by atoms with van der Waals surface area (Å²) in [5, 5.41) is 4.35. The smallest absolute Gasteiger partial charge is 0.357 e. The van der Waals surface area contributed by atoms with Gasteiger partial charge in [-0.1, -0.05) is 36.4 Å². The maximum absolute atomic E-state index is 13.5. The van der Waals surface area contributed by atoms with E-state index in [0.717, 1.165) is 22.2 Å². The molecule has 0 fully saturated rings. The van der Waals surface area contributed by atoms with Crippen molar-refractivity contribution in [2.75, 3.05) is 18.5 Å². The number of anilines is 1. The number of benzene rings is 2. The number of rotatable bonds is 8. The van der Waals surface area contributed by atoms with Gasteiger partial charge in [0.2, 0.25) is 0 Å². The molecule has 0 radical (unpaired) electrons. The highest BCUT2D eigenvalue weighted by Gasteiger charge is 2.38. The molecule has 0 saturated carbocycles. The van der Waals surface area contributed by atoms with Crippen molar-refractivity contribution in [3.63, 3.8) is 0 Å². The molecule has 0 saturated heterocycles. The number of aromatic nitrogens is 1. The zero-order valence-electron chi connectivity index (χ0n) is 14.4. The van der Waals surface area contributed by atoms with Crippen LogP contribution in [0, 0.1) is 0 Å². The van der Waals surface area contributed by atoms with E-state index in [0.29, 0.717) is 13.2 Å². The van der Waals surface area contributed by atoms with E-state index < -0.39 is 13.4 Å². The number of para-hydroxylation sites is 2. The molecule has 0 bridgehead atoms. The van der Waals surface area contributed by atoms with E-state index in [-0.39, 0.29) is 0 Å². The van der Waals surface area contributed by atoms with Gasteiger partial charge >= 0.3 is 7.60 Å². The van der Waals surface area contributed by atoms with Gasteiger partial charge in [-0.25, -0.2) is 0 Å². The van der Waals surface area contributed by atoms with Gasteiger partial charge in [-0.15, -0.1) is 0 Å². The van der Waals surface area contributed by atoms with Crippen molar-refractivity contribution < 1.29 is 13.6 Å². The molecule has 1 atom stereocenters. The molecule has 3 rings (SSSR count). The molecule has 6 heteroatoms. The Balaban J connectivity index is 2.09. The van der Waals surface area contributed by atoms with E-state index in [1.165, 1.54) is 0 Å². The van der Waals surface area contributed by atoms with Gasteiger partial charge in [0.25, 0.3) is 0 Å². The van der Waals surface area contributed by atoms with Crippen molar-refractivity contribution in [3.8, 4) is 0 Å². The Bertz CT molecular complexity index is 853. The fraction of sp³-hybridized carbons (Fsp3) is 0.263. The molecule has 1 aromatic heterocycles. The van der Waals surface area contributed by atoms with E-state index >= 15 is 0 Å². The van der Waals surface area contributed by atoms with Gasteiger partial charge in [-0.2, -0.15) is 0 Å². The predicted molar refractivity (Wildman–Crippen MR) is 102 cm³/mol. The second-order valence-electron chi connectivity index (χ2n) is 5.58. The zero-order valence-corrected chi connectivity index (χ0v) is 15.3. The van der Waals surface area contributed by atoms with Crippen LogP contribution in [0.15, 0.2) is 60.8 Å². The number of fused-ring (bicyclic) bond motifs is 1. The molecule has 132 valence electrons. The lowest BCUT2D eigenvalue weighted by atomic mass is 10.1. The van der Waals surface area contributed by atoms with Gasteiger partial charge < -0.3 is 19.3 Å². The number of hydrogen-bond donors (Lipinski definition) is 2. The third kappa shape index (κ3) is 3.79. The van der Waals surface area contributed by atoms with Crippen LogP contribution < -0.4 is 5.32 Å². The normalized spacial score (nSPS) is 13.0. The summed E-state index contributed by atoms with van der Waals surface area (Å²) < 4.78 is 24.8. The van der Waals surface area contributed by atoms with E-state index in [9.17, 15) is 4.57 Å². The van der Waals surface area contributed by atoms with Crippen molar-refractivity contribution in [1.82, 2.24) is 4.98 Å². The second-order valence-corrected chi connectivity index (χ2v) is 7.69. The first-order valence-electron chi connectivity index (χ1n) is 8.44. The van der Waals surface area contributed by atoms with Crippen LogP contribution in [0.25, 0.3) is 10.9 Å². The summed E-state index contributed by atoms with van der Waals surface area (Å²) in [4.78, 5) is 3.24. The molecule has 0 amide bonds. The summed E-state index contributed by atoms with van der Waals surface area (Å²) >= 11 is 0. The highest BCUT2D eigenvalue weighted by Crippen LogP contribution is 2.61. The quantitative estimate of drug-likeness (QED) is 0.519. The second kappa shape index (κ2) is 7.87. The van der Waals surface area contributed by atoms with Crippen molar-refractivity contribution >= 4 is 24.2 Å². The molecule has 25 heavy (non-hydrogen) atoms. The first-order valence-corrected chi connectivity index (χ1v) is 10.1. The molecule has 0 spiro atoms.